The third kappa shape index (κ3) is 12.8. The molecule has 0 aliphatic carbocycles. The molecule has 1 atom stereocenters. The van der Waals surface area contributed by atoms with Gasteiger partial charge in [0.2, 0.25) is 0 Å². The first kappa shape index (κ1) is 49.0. The van der Waals surface area contributed by atoms with Crippen molar-refractivity contribution in [2.75, 3.05) is 72.5 Å². The highest BCUT2D eigenvalue weighted by Crippen LogP contribution is 2.51. The molecule has 4 aromatic heterocycles. The summed E-state index contributed by atoms with van der Waals surface area (Å²) < 4.78 is 93.8. The molecule has 0 aliphatic rings. The van der Waals surface area contributed by atoms with Crippen LogP contribution in [-0.4, -0.2) is 113 Å². The molecule has 0 fully saturated rings. The van der Waals surface area contributed by atoms with Crippen molar-refractivity contribution in [1.82, 2.24) is 0 Å². The lowest BCUT2D eigenvalue weighted by Crippen LogP contribution is -2.42. The predicted octanol–water partition coefficient (Wildman–Crippen LogP) is 10.1. The molecule has 0 bridgehead atoms. The number of esters is 1. The number of thiophene rings is 4. The number of unbranched alkanes of at least 4 members (excludes halogenated alkanes) is 1. The van der Waals surface area contributed by atoms with Crippen LogP contribution in [0.4, 0.5) is 4.39 Å². The summed E-state index contributed by atoms with van der Waals surface area (Å²) in [6, 6.07) is 4.52. The molecule has 0 saturated carbocycles. The number of aryl methyl sites for hydroxylation is 4. The Kier molecular flexibility index (Phi) is 16.5. The summed E-state index contributed by atoms with van der Waals surface area (Å²) in [7, 11) is -0.288. The number of halogens is 1. The highest BCUT2D eigenvalue weighted by molar-refractivity contribution is 7.85. The molecular formula is C43H61FN2O8S6. The van der Waals surface area contributed by atoms with Gasteiger partial charge < -0.3 is 22.8 Å². The van der Waals surface area contributed by atoms with Gasteiger partial charge in [0, 0.05) is 66.6 Å². The van der Waals surface area contributed by atoms with E-state index < -0.39 is 32.0 Å². The maximum Gasteiger partial charge on any atom is 0.351 e. The van der Waals surface area contributed by atoms with Crippen LogP contribution in [0.2, 0.25) is 0 Å². The number of fused-ring (bicyclic) bond motifs is 3. The average molecular weight is 945 g/mol. The van der Waals surface area contributed by atoms with Crippen LogP contribution < -0.4 is 0 Å². The van der Waals surface area contributed by atoms with E-state index in [0.29, 0.717) is 40.3 Å². The largest absolute Gasteiger partial charge is 0.748 e. The van der Waals surface area contributed by atoms with Gasteiger partial charge in [-0.3, -0.25) is 0 Å². The Balaban J connectivity index is 1.53. The van der Waals surface area contributed by atoms with Gasteiger partial charge in [0.15, 0.2) is 5.82 Å². The molecular weight excluding hydrogens is 884 g/mol. The summed E-state index contributed by atoms with van der Waals surface area (Å²) in [4.78, 5) is 17.4. The van der Waals surface area contributed by atoms with Gasteiger partial charge in [0.1, 0.15) is 4.88 Å². The first-order valence-electron chi connectivity index (χ1n) is 20.9. The molecule has 0 radical (unpaired) electrons. The second-order valence-corrected chi connectivity index (χ2v) is 25.2. The zero-order chi connectivity index (χ0) is 44.2. The molecule has 0 amide bonds. The highest BCUT2D eigenvalue weighted by Gasteiger charge is 2.28. The van der Waals surface area contributed by atoms with Gasteiger partial charge in [0.25, 0.3) is 0 Å². The van der Waals surface area contributed by atoms with Crippen molar-refractivity contribution in [1.29, 1.82) is 0 Å². The van der Waals surface area contributed by atoms with E-state index in [1.54, 1.807) is 34.0 Å². The van der Waals surface area contributed by atoms with Crippen molar-refractivity contribution in [2.45, 2.75) is 91.9 Å². The van der Waals surface area contributed by atoms with Crippen LogP contribution in [0, 0.1) is 25.6 Å². The minimum atomic E-state index is -4.27. The fourth-order valence-corrected chi connectivity index (χ4v) is 14.2. The highest BCUT2D eigenvalue weighted by atomic mass is 32.2. The molecule has 0 saturated heterocycles. The van der Waals surface area contributed by atoms with Crippen molar-refractivity contribution >= 4 is 102 Å². The van der Waals surface area contributed by atoms with Gasteiger partial charge in [-0.2, -0.15) is 0 Å². The summed E-state index contributed by atoms with van der Waals surface area (Å²) in [6.07, 6.45) is 7.86. The van der Waals surface area contributed by atoms with Gasteiger partial charge in [-0.05, 0) is 73.1 Å². The smallest absolute Gasteiger partial charge is 0.351 e. The van der Waals surface area contributed by atoms with E-state index in [-0.39, 0.29) is 28.9 Å². The number of carbonyl (C=O) groups excluding carboxylic acids is 1. The lowest BCUT2D eigenvalue weighted by atomic mass is 9.96. The SMILES string of the molecule is CCCCC(CC)COC(=O)c1sc2c(-c3cc4c(CCC[N+](C)(C)CCCS(=O)(=O)[O-])c5sc(C)cc5c(CCC[N+](C)(C)CCCS(=O)(=O)[O-])c4s3)sc(C)c2c1F. The molecule has 5 aromatic rings. The molecule has 1 aromatic carbocycles. The summed E-state index contributed by atoms with van der Waals surface area (Å²) in [5.74, 6) is -1.61. The van der Waals surface area contributed by atoms with Crippen molar-refractivity contribution in [3.63, 3.8) is 0 Å². The van der Waals surface area contributed by atoms with E-state index in [1.807, 2.05) is 6.92 Å². The Hall–Kier alpha value is -2.06. The fraction of sp³-hybridized carbons (Fsp3) is 0.605. The average Bonchev–Trinajstić information content (AvgIpc) is 3.90. The zero-order valence-corrected chi connectivity index (χ0v) is 41.1. The van der Waals surface area contributed by atoms with Crippen LogP contribution in [0.25, 0.3) is 40.0 Å². The zero-order valence-electron chi connectivity index (χ0n) is 36.2. The predicted molar refractivity (Wildman–Crippen MR) is 248 cm³/mol. The van der Waals surface area contributed by atoms with Gasteiger partial charge in [-0.25, -0.2) is 26.0 Å². The normalized spacial score (nSPS) is 13.7. The Morgan fingerprint density at radius 3 is 1.82 bits per heavy atom. The number of quaternary nitrogens is 2. The minimum Gasteiger partial charge on any atom is -0.748 e. The van der Waals surface area contributed by atoms with E-state index in [2.05, 4.69) is 61.1 Å². The van der Waals surface area contributed by atoms with Gasteiger partial charge in [0.05, 0.1) is 90.8 Å². The first-order valence-corrected chi connectivity index (χ1v) is 27.3. The lowest BCUT2D eigenvalue weighted by Gasteiger charge is -2.30. The van der Waals surface area contributed by atoms with Crippen LogP contribution >= 0.6 is 45.3 Å². The van der Waals surface area contributed by atoms with E-state index in [1.165, 1.54) is 42.1 Å². The molecule has 5 rings (SSSR count). The Labute approximate surface area is 372 Å². The standard InChI is InChI=1S/C43H61FN2O8S6/c1-9-11-16-30(10-2)27-54-43(47)42-37(44)36-29(4)56-40(41(36)58-42)35-26-34-32(18-13-20-46(7,8)22-15-24-60(51,52)53)38-33(25-28(3)55-38)31(39(34)57-35)17-12-19-45(5,6)21-14-23-59(48,49)50/h25-26,30H,9-24,27H2,1-8H3. The van der Waals surface area contributed by atoms with Gasteiger partial charge in [-0.15, -0.1) is 45.3 Å². The molecule has 0 N–H and O–H groups in total. The molecule has 1 unspecified atom stereocenters. The third-order valence-electron chi connectivity index (χ3n) is 11.5. The minimum absolute atomic E-state index is 0.0168. The monoisotopic (exact) mass is 944 g/mol. The Morgan fingerprint density at radius 1 is 0.750 bits per heavy atom. The van der Waals surface area contributed by atoms with Crippen LogP contribution in [0.1, 0.15) is 95.8 Å². The molecule has 17 heteroatoms. The van der Waals surface area contributed by atoms with E-state index in [9.17, 15) is 30.7 Å². The van der Waals surface area contributed by atoms with Crippen molar-refractivity contribution in [2.24, 2.45) is 5.92 Å². The fourth-order valence-electron chi connectivity index (χ4n) is 8.17. The van der Waals surface area contributed by atoms with Crippen LogP contribution in [0.15, 0.2) is 12.1 Å². The maximum absolute atomic E-state index is 16.2. The molecule has 0 aliphatic heterocycles. The topological polar surface area (TPSA) is 141 Å². The lowest BCUT2D eigenvalue weighted by molar-refractivity contribution is -0.890. The van der Waals surface area contributed by atoms with Crippen LogP contribution in [0.3, 0.4) is 0 Å². The number of carbonyl (C=O) groups is 1. The van der Waals surface area contributed by atoms with Gasteiger partial charge >= 0.3 is 5.97 Å². The van der Waals surface area contributed by atoms with E-state index in [4.69, 9.17) is 4.74 Å². The number of ether oxygens (including phenoxy) is 1. The summed E-state index contributed by atoms with van der Waals surface area (Å²) in [5.41, 5.74) is 2.50. The summed E-state index contributed by atoms with van der Waals surface area (Å²) in [5, 5.41) is 2.86. The molecule has 10 nitrogen and oxygen atoms in total. The van der Waals surface area contributed by atoms with Crippen molar-refractivity contribution in [3.8, 4) is 9.75 Å². The Bertz CT molecular complexity index is 2400. The number of nitrogens with zero attached hydrogens (tertiary/aromatic N) is 2. The van der Waals surface area contributed by atoms with E-state index in [0.717, 1.165) is 89.2 Å². The molecule has 0 spiro atoms. The van der Waals surface area contributed by atoms with Crippen LogP contribution in [-0.2, 0) is 37.8 Å². The second-order valence-electron chi connectivity index (χ2n) is 17.6. The number of rotatable bonds is 24. The van der Waals surface area contributed by atoms with Crippen LogP contribution in [0.5, 0.6) is 0 Å². The summed E-state index contributed by atoms with van der Waals surface area (Å²) in [6.45, 7) is 11.3. The number of hydrogen-bond donors (Lipinski definition) is 0. The number of benzene rings is 1. The molecule has 60 heavy (non-hydrogen) atoms. The van der Waals surface area contributed by atoms with Crippen molar-refractivity contribution < 1.29 is 48.8 Å². The first-order chi connectivity index (χ1) is 28.0. The Morgan fingerprint density at radius 2 is 1.28 bits per heavy atom. The van der Waals surface area contributed by atoms with Gasteiger partial charge in [-0.1, -0.05) is 33.1 Å². The molecule has 4 heterocycles. The quantitative estimate of drug-likeness (QED) is 0.0338. The van der Waals surface area contributed by atoms with E-state index >= 15 is 4.39 Å². The molecule has 334 valence electrons. The summed E-state index contributed by atoms with van der Waals surface area (Å²) >= 11 is 6.21. The van der Waals surface area contributed by atoms with Crippen molar-refractivity contribution in [3.05, 3.63) is 43.7 Å². The number of hydrogen-bond acceptors (Lipinski definition) is 12. The third-order valence-corrected chi connectivity index (χ3v) is 18.0. The maximum atomic E-state index is 16.2. The second kappa shape index (κ2) is 20.2.